The van der Waals surface area contributed by atoms with Crippen LogP contribution in [0.5, 0.6) is 0 Å². The predicted octanol–water partition coefficient (Wildman–Crippen LogP) is 3.93. The number of carbonyl (C=O) groups excluding carboxylic acids is 1. The molecule has 0 radical (unpaired) electrons. The van der Waals surface area contributed by atoms with Crippen LogP contribution in [0.2, 0.25) is 0 Å². The Morgan fingerprint density at radius 3 is 2.82 bits per heavy atom. The van der Waals surface area contributed by atoms with Gasteiger partial charge in [-0.15, -0.1) is 0 Å². The van der Waals surface area contributed by atoms with Crippen molar-refractivity contribution < 1.29 is 9.21 Å². The zero-order valence-electron chi connectivity index (χ0n) is 16.4. The Bertz CT molecular complexity index is 1030. The molecule has 6 heteroatoms. The standard InChI is InChI=1S/C22H26N4O2/c1-3-18-21(15-6-4-5-7-19(15)28-18)16-12-20(27)24-22-17(16)13-23-26(22)14-8-10-25(2)11-9-14/h4-7,13-14,16H,3,8-12H2,1-2H3,(H,24,27). The summed E-state index contributed by atoms with van der Waals surface area (Å²) in [6.07, 6.45) is 5.31. The molecule has 2 aliphatic rings. The normalized spacial score (nSPS) is 21.1. The third-order valence-electron chi connectivity index (χ3n) is 6.26. The topological polar surface area (TPSA) is 63.3 Å². The fourth-order valence-corrected chi connectivity index (χ4v) is 4.77. The van der Waals surface area contributed by atoms with Gasteiger partial charge in [0.05, 0.1) is 12.2 Å². The Hall–Kier alpha value is -2.60. The van der Waals surface area contributed by atoms with Crippen LogP contribution in [0.3, 0.4) is 0 Å². The summed E-state index contributed by atoms with van der Waals surface area (Å²) >= 11 is 0. The molecule has 2 aliphatic heterocycles. The number of carbonyl (C=O) groups is 1. The first-order valence-electron chi connectivity index (χ1n) is 10.2. The number of likely N-dealkylation sites (tertiary alicyclic amines) is 1. The number of furan rings is 1. The van der Waals surface area contributed by atoms with E-state index in [4.69, 9.17) is 9.52 Å². The van der Waals surface area contributed by atoms with Gasteiger partial charge in [0.15, 0.2) is 0 Å². The van der Waals surface area contributed by atoms with Crippen molar-refractivity contribution in [3.63, 3.8) is 0 Å². The van der Waals surface area contributed by atoms with Crippen LogP contribution in [0.4, 0.5) is 5.82 Å². The number of piperidine rings is 1. The summed E-state index contributed by atoms with van der Waals surface area (Å²) in [4.78, 5) is 15.0. The maximum atomic E-state index is 12.7. The predicted molar refractivity (Wildman–Crippen MR) is 109 cm³/mol. The lowest BCUT2D eigenvalue weighted by Crippen LogP contribution is -2.33. The van der Waals surface area contributed by atoms with Gasteiger partial charge in [0, 0.05) is 35.3 Å². The Morgan fingerprint density at radius 1 is 1.25 bits per heavy atom. The molecule has 2 aromatic heterocycles. The molecule has 1 N–H and O–H groups in total. The third kappa shape index (κ3) is 2.75. The SMILES string of the molecule is CCc1oc2ccccc2c1C1CC(=O)Nc2c1cnn2C1CCN(C)CC1. The summed E-state index contributed by atoms with van der Waals surface area (Å²) in [5, 5.41) is 8.95. The molecule has 5 rings (SSSR count). The molecule has 3 aromatic rings. The molecular weight excluding hydrogens is 352 g/mol. The number of nitrogens with one attached hydrogen (secondary N) is 1. The van der Waals surface area contributed by atoms with Gasteiger partial charge < -0.3 is 14.6 Å². The van der Waals surface area contributed by atoms with E-state index in [0.29, 0.717) is 12.5 Å². The Labute approximate surface area is 164 Å². The second-order valence-electron chi connectivity index (χ2n) is 8.02. The molecule has 0 spiro atoms. The van der Waals surface area contributed by atoms with Crippen molar-refractivity contribution in [3.8, 4) is 0 Å². The number of amides is 1. The van der Waals surface area contributed by atoms with Gasteiger partial charge in [0.2, 0.25) is 5.91 Å². The van der Waals surface area contributed by atoms with Gasteiger partial charge in [-0.1, -0.05) is 25.1 Å². The van der Waals surface area contributed by atoms with Crippen LogP contribution >= 0.6 is 0 Å². The van der Waals surface area contributed by atoms with Crippen LogP contribution < -0.4 is 5.32 Å². The van der Waals surface area contributed by atoms with E-state index in [1.54, 1.807) is 0 Å². The Morgan fingerprint density at radius 2 is 2.04 bits per heavy atom. The van der Waals surface area contributed by atoms with Crippen LogP contribution in [0, 0.1) is 0 Å². The van der Waals surface area contributed by atoms with Crippen molar-refractivity contribution in [1.29, 1.82) is 0 Å². The summed E-state index contributed by atoms with van der Waals surface area (Å²) in [5.41, 5.74) is 3.15. The number of fused-ring (bicyclic) bond motifs is 2. The number of hydrogen-bond donors (Lipinski definition) is 1. The second-order valence-corrected chi connectivity index (χ2v) is 8.02. The lowest BCUT2D eigenvalue weighted by atomic mass is 9.85. The van der Waals surface area contributed by atoms with Gasteiger partial charge in [-0.3, -0.25) is 4.79 Å². The average Bonchev–Trinajstić information content (AvgIpc) is 3.29. The molecule has 1 atom stereocenters. The minimum atomic E-state index is -0.0117. The summed E-state index contributed by atoms with van der Waals surface area (Å²) in [6, 6.07) is 8.47. The molecule has 1 aromatic carbocycles. The summed E-state index contributed by atoms with van der Waals surface area (Å²) in [7, 11) is 2.16. The highest BCUT2D eigenvalue weighted by molar-refractivity contribution is 5.96. The molecule has 1 saturated heterocycles. The molecule has 28 heavy (non-hydrogen) atoms. The molecule has 1 unspecified atom stereocenters. The van der Waals surface area contributed by atoms with E-state index in [1.165, 1.54) is 0 Å². The van der Waals surface area contributed by atoms with Crippen LogP contribution in [0.15, 0.2) is 34.9 Å². The van der Waals surface area contributed by atoms with Gasteiger partial charge in [0.1, 0.15) is 17.2 Å². The minimum absolute atomic E-state index is 0.0117. The molecule has 0 saturated carbocycles. The van der Waals surface area contributed by atoms with Crippen molar-refractivity contribution in [1.82, 2.24) is 14.7 Å². The number of rotatable bonds is 3. The van der Waals surface area contributed by atoms with E-state index in [9.17, 15) is 4.79 Å². The molecular formula is C22H26N4O2. The fraction of sp³-hybridized carbons (Fsp3) is 0.455. The fourth-order valence-electron chi connectivity index (χ4n) is 4.77. The van der Waals surface area contributed by atoms with Crippen LogP contribution in [0.25, 0.3) is 11.0 Å². The van der Waals surface area contributed by atoms with Gasteiger partial charge in [-0.2, -0.15) is 5.10 Å². The van der Waals surface area contributed by atoms with E-state index in [2.05, 4.69) is 34.9 Å². The smallest absolute Gasteiger partial charge is 0.226 e. The number of anilines is 1. The maximum absolute atomic E-state index is 12.7. The zero-order valence-corrected chi connectivity index (χ0v) is 16.4. The van der Waals surface area contributed by atoms with Crippen LogP contribution in [-0.4, -0.2) is 40.7 Å². The van der Waals surface area contributed by atoms with Crippen LogP contribution in [-0.2, 0) is 11.2 Å². The van der Waals surface area contributed by atoms with Gasteiger partial charge in [-0.25, -0.2) is 4.68 Å². The third-order valence-corrected chi connectivity index (χ3v) is 6.26. The van der Waals surface area contributed by atoms with Crippen molar-refractivity contribution in [3.05, 3.63) is 47.3 Å². The Balaban J connectivity index is 1.60. The molecule has 1 fully saturated rings. The van der Waals surface area contributed by atoms with E-state index in [1.807, 2.05) is 24.4 Å². The van der Waals surface area contributed by atoms with Crippen LogP contribution in [0.1, 0.15) is 55.0 Å². The van der Waals surface area contributed by atoms with Crippen molar-refractivity contribution in [2.45, 2.75) is 44.6 Å². The number of aryl methyl sites for hydroxylation is 1. The van der Waals surface area contributed by atoms with Crippen molar-refractivity contribution in [2.24, 2.45) is 0 Å². The second kappa shape index (κ2) is 6.78. The number of para-hydroxylation sites is 1. The number of nitrogens with zero attached hydrogens (tertiary/aromatic N) is 3. The molecule has 4 heterocycles. The average molecular weight is 378 g/mol. The van der Waals surface area contributed by atoms with E-state index in [0.717, 1.165) is 66.0 Å². The number of aromatic nitrogens is 2. The highest BCUT2D eigenvalue weighted by atomic mass is 16.3. The molecule has 6 nitrogen and oxygen atoms in total. The maximum Gasteiger partial charge on any atom is 0.226 e. The summed E-state index contributed by atoms with van der Waals surface area (Å²) < 4.78 is 8.18. The van der Waals surface area contributed by atoms with Gasteiger partial charge >= 0.3 is 0 Å². The highest BCUT2D eigenvalue weighted by Gasteiger charge is 2.35. The van der Waals surface area contributed by atoms with Crippen molar-refractivity contribution in [2.75, 3.05) is 25.5 Å². The van der Waals surface area contributed by atoms with E-state index >= 15 is 0 Å². The van der Waals surface area contributed by atoms with E-state index in [-0.39, 0.29) is 11.8 Å². The van der Waals surface area contributed by atoms with E-state index < -0.39 is 0 Å². The Kier molecular flexibility index (Phi) is 4.23. The minimum Gasteiger partial charge on any atom is -0.461 e. The lowest BCUT2D eigenvalue weighted by molar-refractivity contribution is -0.116. The lowest BCUT2D eigenvalue weighted by Gasteiger charge is -2.31. The molecule has 146 valence electrons. The molecule has 0 aliphatic carbocycles. The van der Waals surface area contributed by atoms with Gasteiger partial charge in [0.25, 0.3) is 0 Å². The number of benzene rings is 1. The number of hydrogen-bond acceptors (Lipinski definition) is 4. The molecule has 0 bridgehead atoms. The molecule has 1 amide bonds. The highest BCUT2D eigenvalue weighted by Crippen LogP contribution is 2.44. The largest absolute Gasteiger partial charge is 0.461 e. The monoisotopic (exact) mass is 378 g/mol. The first-order chi connectivity index (χ1) is 13.7. The van der Waals surface area contributed by atoms with Gasteiger partial charge in [-0.05, 0) is 39.0 Å². The zero-order chi connectivity index (χ0) is 19.3. The first kappa shape index (κ1) is 17.5. The summed E-state index contributed by atoms with van der Waals surface area (Å²) in [5.74, 6) is 1.89. The quantitative estimate of drug-likeness (QED) is 0.750. The van der Waals surface area contributed by atoms with Crippen molar-refractivity contribution >= 4 is 22.7 Å². The summed E-state index contributed by atoms with van der Waals surface area (Å²) in [6.45, 7) is 4.22. The first-order valence-corrected chi connectivity index (χ1v) is 10.2.